The Balaban J connectivity index is 1.25. The number of amides is 1. The third-order valence-electron chi connectivity index (χ3n) is 5.95. The normalized spacial score (nSPS) is 13.6. The molecule has 0 unspecified atom stereocenters. The summed E-state index contributed by atoms with van der Waals surface area (Å²) in [4.78, 5) is 29.3. The van der Waals surface area contributed by atoms with Gasteiger partial charge in [-0.3, -0.25) is 9.59 Å². The second-order valence-electron chi connectivity index (χ2n) is 8.34. The zero-order chi connectivity index (χ0) is 25.1. The second kappa shape index (κ2) is 10.0. The highest BCUT2D eigenvalue weighted by atomic mass is 19.1. The van der Waals surface area contributed by atoms with Gasteiger partial charge in [0.15, 0.2) is 5.76 Å². The van der Waals surface area contributed by atoms with Gasteiger partial charge in [0.2, 0.25) is 0 Å². The zero-order valence-electron chi connectivity index (χ0n) is 19.2. The number of halogens is 2. The molecule has 1 aliphatic heterocycles. The summed E-state index contributed by atoms with van der Waals surface area (Å²) in [5.74, 6) is -1.30. The number of piperazine rings is 1. The van der Waals surface area contributed by atoms with Gasteiger partial charge >= 0.3 is 0 Å². The average Bonchev–Trinajstić information content (AvgIpc) is 3.37. The smallest absolute Gasteiger partial charge is 0.291 e. The molecule has 184 valence electrons. The summed E-state index contributed by atoms with van der Waals surface area (Å²) < 4.78 is 34.0. The monoisotopic (exact) mass is 491 g/mol. The van der Waals surface area contributed by atoms with Crippen molar-refractivity contribution in [2.24, 2.45) is 0 Å². The summed E-state index contributed by atoms with van der Waals surface area (Å²) in [7, 11) is 0. The molecule has 5 rings (SSSR count). The van der Waals surface area contributed by atoms with Crippen molar-refractivity contribution in [1.29, 1.82) is 0 Å². The van der Waals surface area contributed by atoms with E-state index in [-0.39, 0.29) is 23.6 Å². The summed E-state index contributed by atoms with van der Waals surface area (Å²) in [5.41, 5.74) is 0.565. The lowest BCUT2D eigenvalue weighted by molar-refractivity contribution is 0.0994. The van der Waals surface area contributed by atoms with Crippen molar-refractivity contribution in [2.45, 2.75) is 6.54 Å². The van der Waals surface area contributed by atoms with Crippen LogP contribution in [0.3, 0.4) is 0 Å². The maximum atomic E-state index is 13.8. The number of rotatable bonds is 6. The summed E-state index contributed by atoms with van der Waals surface area (Å²) in [6.07, 6.45) is 0. The Morgan fingerprint density at radius 2 is 1.67 bits per heavy atom. The van der Waals surface area contributed by atoms with Crippen molar-refractivity contribution < 1.29 is 18.0 Å². The van der Waals surface area contributed by atoms with Gasteiger partial charge in [0.05, 0.1) is 5.69 Å². The van der Waals surface area contributed by atoms with E-state index in [1.807, 2.05) is 18.2 Å². The first-order valence-electron chi connectivity index (χ1n) is 11.4. The number of carbonyl (C=O) groups excluding carboxylic acids is 1. The van der Waals surface area contributed by atoms with E-state index in [1.165, 1.54) is 28.6 Å². The van der Waals surface area contributed by atoms with Crippen molar-refractivity contribution in [3.8, 4) is 0 Å². The third-order valence-corrected chi connectivity index (χ3v) is 5.95. The predicted octanol–water partition coefficient (Wildman–Crippen LogP) is 3.74. The lowest BCUT2D eigenvalue weighted by Gasteiger charge is -2.36. The Labute approximate surface area is 205 Å². The number of carbonyl (C=O) groups is 1. The Hall–Kier alpha value is -4.47. The van der Waals surface area contributed by atoms with Gasteiger partial charge in [-0.2, -0.15) is 5.10 Å². The highest BCUT2D eigenvalue weighted by Crippen LogP contribution is 2.20. The number of benzene rings is 2. The van der Waals surface area contributed by atoms with Crippen LogP contribution in [0.1, 0.15) is 16.3 Å². The van der Waals surface area contributed by atoms with Crippen LogP contribution < -0.4 is 20.7 Å². The summed E-state index contributed by atoms with van der Waals surface area (Å²) in [5, 5.41) is 6.77. The molecule has 0 saturated carbocycles. The van der Waals surface area contributed by atoms with Crippen LogP contribution in [-0.4, -0.2) is 41.9 Å². The summed E-state index contributed by atoms with van der Waals surface area (Å²) in [6, 6.07) is 19.0. The zero-order valence-corrected chi connectivity index (χ0v) is 19.2. The molecule has 0 radical (unpaired) electrons. The molecule has 1 fully saturated rings. The Morgan fingerprint density at radius 1 is 0.917 bits per heavy atom. The van der Waals surface area contributed by atoms with Crippen molar-refractivity contribution in [2.75, 3.05) is 41.3 Å². The highest BCUT2D eigenvalue weighted by Gasteiger charge is 2.20. The molecule has 1 aliphatic rings. The van der Waals surface area contributed by atoms with Crippen molar-refractivity contribution in [3.63, 3.8) is 0 Å². The first kappa shape index (κ1) is 23.3. The van der Waals surface area contributed by atoms with Gasteiger partial charge in [-0.25, -0.2) is 13.5 Å². The molecule has 10 heteroatoms. The number of nitrogens with zero attached hydrogens (tertiary/aromatic N) is 4. The van der Waals surface area contributed by atoms with E-state index in [0.717, 1.165) is 44.4 Å². The van der Waals surface area contributed by atoms with Crippen molar-refractivity contribution in [1.82, 2.24) is 9.78 Å². The van der Waals surface area contributed by atoms with Gasteiger partial charge < -0.3 is 19.5 Å². The molecule has 0 bridgehead atoms. The van der Waals surface area contributed by atoms with Crippen molar-refractivity contribution in [3.05, 3.63) is 106 Å². The van der Waals surface area contributed by atoms with Gasteiger partial charge in [0.25, 0.3) is 11.5 Å². The molecule has 36 heavy (non-hydrogen) atoms. The number of hydrogen-bond donors (Lipinski definition) is 1. The molecule has 2 aromatic heterocycles. The first-order valence-corrected chi connectivity index (χ1v) is 11.4. The maximum Gasteiger partial charge on any atom is 0.291 e. The van der Waals surface area contributed by atoms with E-state index >= 15 is 0 Å². The molecule has 1 saturated heterocycles. The van der Waals surface area contributed by atoms with Crippen LogP contribution in [0.15, 0.2) is 82.0 Å². The Morgan fingerprint density at radius 3 is 2.44 bits per heavy atom. The average molecular weight is 491 g/mol. The minimum absolute atomic E-state index is 0.0122. The molecule has 3 heterocycles. The number of furan rings is 1. The van der Waals surface area contributed by atoms with E-state index in [2.05, 4.69) is 32.3 Å². The largest absolute Gasteiger partial charge is 0.454 e. The molecular formula is C26H23F2N5O3. The molecule has 1 amide bonds. The third kappa shape index (κ3) is 5.12. The van der Waals surface area contributed by atoms with Crippen LogP contribution in [0, 0.1) is 11.6 Å². The molecule has 0 atom stereocenters. The van der Waals surface area contributed by atoms with Crippen LogP contribution in [-0.2, 0) is 6.54 Å². The number of nitrogens with one attached hydrogen (secondary N) is 1. The number of para-hydroxylation sites is 1. The van der Waals surface area contributed by atoms with Crippen molar-refractivity contribution >= 4 is 23.1 Å². The molecule has 2 aromatic carbocycles. The van der Waals surface area contributed by atoms with Crippen LogP contribution >= 0.6 is 0 Å². The molecule has 0 spiro atoms. The van der Waals surface area contributed by atoms with E-state index in [4.69, 9.17) is 4.42 Å². The fraction of sp³-hybridized carbons (Fsp3) is 0.192. The summed E-state index contributed by atoms with van der Waals surface area (Å²) >= 11 is 0. The van der Waals surface area contributed by atoms with Gasteiger partial charge in [-0.15, -0.1) is 0 Å². The quantitative estimate of drug-likeness (QED) is 0.443. The number of anilines is 3. The Bertz CT molecular complexity index is 1430. The second-order valence-corrected chi connectivity index (χ2v) is 8.34. The summed E-state index contributed by atoms with van der Waals surface area (Å²) in [6.45, 7) is 3.17. The van der Waals surface area contributed by atoms with E-state index in [1.54, 1.807) is 6.07 Å². The van der Waals surface area contributed by atoms with Gasteiger partial charge in [-0.05, 0) is 42.5 Å². The van der Waals surface area contributed by atoms with Gasteiger partial charge in [0.1, 0.15) is 29.8 Å². The topological polar surface area (TPSA) is 83.6 Å². The standard InChI is InChI=1S/C26H23F2N5O3/c27-18-6-8-21(28)22(16-18)29-26(35)23-9-7-20(36-23)17-33-25(34)11-10-24(30-33)32-14-12-31(13-15-32)19-4-2-1-3-5-19/h1-11,16H,12-15,17H2,(H,29,35). The molecule has 0 aliphatic carbocycles. The molecular weight excluding hydrogens is 468 g/mol. The number of aromatic nitrogens is 2. The highest BCUT2D eigenvalue weighted by molar-refractivity contribution is 6.02. The predicted molar refractivity (Wildman–Crippen MR) is 131 cm³/mol. The van der Waals surface area contributed by atoms with E-state index in [0.29, 0.717) is 11.6 Å². The minimum atomic E-state index is -0.770. The van der Waals surface area contributed by atoms with Gasteiger partial charge in [0, 0.05) is 44.0 Å². The molecule has 4 aromatic rings. The van der Waals surface area contributed by atoms with Crippen LogP contribution in [0.4, 0.5) is 26.0 Å². The lowest BCUT2D eigenvalue weighted by atomic mass is 10.2. The van der Waals surface area contributed by atoms with Crippen LogP contribution in [0.2, 0.25) is 0 Å². The van der Waals surface area contributed by atoms with Crippen LogP contribution in [0.25, 0.3) is 0 Å². The maximum absolute atomic E-state index is 13.8. The molecule has 8 nitrogen and oxygen atoms in total. The Kier molecular flexibility index (Phi) is 6.48. The number of hydrogen-bond acceptors (Lipinski definition) is 6. The fourth-order valence-electron chi connectivity index (χ4n) is 4.06. The SMILES string of the molecule is O=C(Nc1cc(F)ccc1F)c1ccc(Cn2nc(N3CCN(c4ccccc4)CC3)ccc2=O)o1. The first-order chi connectivity index (χ1) is 17.5. The fourth-order valence-corrected chi connectivity index (χ4v) is 4.06. The van der Waals surface area contributed by atoms with Gasteiger partial charge in [-0.1, -0.05) is 18.2 Å². The lowest BCUT2D eigenvalue weighted by Crippen LogP contribution is -2.47. The van der Waals surface area contributed by atoms with E-state index < -0.39 is 17.5 Å². The van der Waals surface area contributed by atoms with E-state index in [9.17, 15) is 18.4 Å². The minimum Gasteiger partial charge on any atom is -0.454 e. The molecule has 1 N–H and O–H groups in total. The van der Waals surface area contributed by atoms with Crippen LogP contribution in [0.5, 0.6) is 0 Å².